The first kappa shape index (κ1) is 24.0. The number of amides is 1. The van der Waals surface area contributed by atoms with Crippen molar-refractivity contribution in [3.05, 3.63) is 94.9 Å². The summed E-state index contributed by atoms with van der Waals surface area (Å²) in [6.07, 6.45) is 5.99. The highest BCUT2D eigenvalue weighted by Crippen LogP contribution is 2.19. The number of nitrogens with zero attached hydrogens (tertiary/aromatic N) is 4. The van der Waals surface area contributed by atoms with Gasteiger partial charge in [-0.15, -0.1) is 0 Å². The van der Waals surface area contributed by atoms with Gasteiger partial charge >= 0.3 is 0 Å². The first-order valence-corrected chi connectivity index (χ1v) is 12.5. The highest BCUT2D eigenvalue weighted by Gasteiger charge is 2.22. The van der Waals surface area contributed by atoms with Gasteiger partial charge in [0.2, 0.25) is 0 Å². The Labute approximate surface area is 202 Å². The number of rotatable bonds is 9. The molecule has 10 nitrogen and oxygen atoms in total. The summed E-state index contributed by atoms with van der Waals surface area (Å²) in [5.74, 6) is -0.294. The van der Waals surface area contributed by atoms with Crippen molar-refractivity contribution in [1.29, 1.82) is 0 Å². The van der Waals surface area contributed by atoms with Gasteiger partial charge in [0, 0.05) is 38.1 Å². The molecule has 2 heterocycles. The highest BCUT2D eigenvalue weighted by atomic mass is 32.2. The number of benzene rings is 2. The Kier molecular flexibility index (Phi) is 6.87. The number of carbonyl (C=O) groups is 1. The zero-order valence-corrected chi connectivity index (χ0v) is 20.2. The normalized spacial score (nSPS) is 11.4. The lowest BCUT2D eigenvalue weighted by atomic mass is 10.2. The fourth-order valence-electron chi connectivity index (χ4n) is 3.65. The van der Waals surface area contributed by atoms with Gasteiger partial charge in [0.1, 0.15) is 5.69 Å². The Morgan fingerprint density at radius 3 is 2.43 bits per heavy atom. The van der Waals surface area contributed by atoms with E-state index in [4.69, 9.17) is 0 Å². The lowest BCUT2D eigenvalue weighted by Crippen LogP contribution is -2.25. The third kappa shape index (κ3) is 5.19. The molecule has 2 N–H and O–H groups in total. The molecule has 2 aromatic heterocycles. The zero-order valence-electron chi connectivity index (χ0n) is 19.4. The minimum atomic E-state index is -4.05. The number of imidazole rings is 1. The molecule has 4 aromatic rings. The number of carbonyl (C=O) groups excluding carboxylic acids is 1. The average Bonchev–Trinajstić information content (AvgIpc) is 3.45. The van der Waals surface area contributed by atoms with E-state index in [1.807, 2.05) is 16.8 Å². The fourth-order valence-corrected chi connectivity index (χ4v) is 4.77. The van der Waals surface area contributed by atoms with Gasteiger partial charge < -0.3 is 9.88 Å². The largest absolute Gasteiger partial charge is 0.352 e. The molecule has 0 unspecified atom stereocenters. The molecule has 0 saturated carbocycles. The number of para-hydroxylation sites is 1. The molecule has 0 atom stereocenters. The molecule has 2 aromatic carbocycles. The van der Waals surface area contributed by atoms with Crippen molar-refractivity contribution >= 4 is 21.6 Å². The van der Waals surface area contributed by atoms with E-state index in [0.717, 1.165) is 13.0 Å². The molecule has 0 aliphatic heterocycles. The molecule has 35 heavy (non-hydrogen) atoms. The van der Waals surface area contributed by atoms with Crippen LogP contribution in [0.3, 0.4) is 0 Å². The van der Waals surface area contributed by atoms with Crippen molar-refractivity contribution < 1.29 is 13.2 Å². The first-order valence-electron chi connectivity index (χ1n) is 11.0. The summed E-state index contributed by atoms with van der Waals surface area (Å²) in [4.78, 5) is 29.3. The number of hydrogen-bond acceptors (Lipinski definition) is 5. The molecule has 1 amide bonds. The van der Waals surface area contributed by atoms with E-state index in [9.17, 15) is 18.0 Å². The van der Waals surface area contributed by atoms with Crippen LogP contribution in [0, 0.1) is 6.92 Å². The monoisotopic (exact) mass is 494 g/mol. The Bertz CT molecular complexity index is 1470. The predicted octanol–water partition coefficient (Wildman–Crippen LogP) is 2.30. The highest BCUT2D eigenvalue weighted by molar-refractivity contribution is 7.92. The lowest BCUT2D eigenvalue weighted by Gasteiger charge is -2.09. The van der Waals surface area contributed by atoms with Crippen LogP contribution in [0.1, 0.15) is 22.5 Å². The van der Waals surface area contributed by atoms with Crippen molar-refractivity contribution in [2.24, 2.45) is 7.05 Å². The van der Waals surface area contributed by atoms with Crippen molar-refractivity contribution in [3.8, 4) is 5.69 Å². The third-order valence-electron chi connectivity index (χ3n) is 5.66. The van der Waals surface area contributed by atoms with E-state index in [0.29, 0.717) is 23.5 Å². The van der Waals surface area contributed by atoms with Gasteiger partial charge in [0.15, 0.2) is 0 Å². The molecular weight excluding hydrogens is 468 g/mol. The molecule has 0 fully saturated rings. The minimum Gasteiger partial charge on any atom is -0.352 e. The summed E-state index contributed by atoms with van der Waals surface area (Å²) in [7, 11) is -2.36. The molecule has 0 radical (unpaired) electrons. The Morgan fingerprint density at radius 1 is 1.06 bits per heavy atom. The van der Waals surface area contributed by atoms with Gasteiger partial charge in [-0.1, -0.05) is 18.2 Å². The van der Waals surface area contributed by atoms with Gasteiger partial charge in [-0.2, -0.15) is 0 Å². The zero-order chi connectivity index (χ0) is 25.0. The quantitative estimate of drug-likeness (QED) is 0.346. The second-order valence-electron chi connectivity index (χ2n) is 7.98. The van der Waals surface area contributed by atoms with E-state index in [1.54, 1.807) is 55.4 Å². The number of anilines is 1. The molecule has 4 rings (SSSR count). The van der Waals surface area contributed by atoms with E-state index in [1.165, 1.54) is 28.9 Å². The van der Waals surface area contributed by atoms with Crippen LogP contribution < -0.4 is 15.6 Å². The molecule has 0 saturated heterocycles. The summed E-state index contributed by atoms with van der Waals surface area (Å²) in [6.45, 7) is 2.87. The number of nitrogens with one attached hydrogen (secondary N) is 2. The van der Waals surface area contributed by atoms with Crippen LogP contribution >= 0.6 is 0 Å². The van der Waals surface area contributed by atoms with Crippen LogP contribution in [0.4, 0.5) is 5.69 Å². The number of sulfonamides is 1. The summed E-state index contributed by atoms with van der Waals surface area (Å²) < 4.78 is 33.3. The SMILES string of the molecule is Cc1c(NS(=O)(=O)c2ccc(C(=O)NCCCn3ccnc3)cc2)c(=O)n(-c2ccccc2)n1C. The summed E-state index contributed by atoms with van der Waals surface area (Å²) in [6, 6.07) is 14.5. The number of aromatic nitrogens is 4. The molecule has 0 aliphatic carbocycles. The molecule has 0 aliphatic rings. The van der Waals surface area contributed by atoms with Crippen LogP contribution in [-0.4, -0.2) is 39.8 Å². The van der Waals surface area contributed by atoms with Gasteiger partial charge in [-0.25, -0.2) is 18.1 Å². The maximum atomic E-state index is 13.0. The summed E-state index contributed by atoms with van der Waals surface area (Å²) >= 11 is 0. The standard InChI is InChI=1S/C24H26N6O4S/c1-18-22(24(32)30(28(18)2)20-7-4-3-5-8-20)27-35(33,34)21-11-9-19(10-12-21)23(31)26-13-6-15-29-16-14-25-17-29/h3-5,7-12,14,16-17,27H,6,13,15H2,1-2H3,(H,26,31). The van der Waals surface area contributed by atoms with Gasteiger partial charge in [0.25, 0.3) is 21.5 Å². The Balaban J connectivity index is 1.45. The molecule has 182 valence electrons. The van der Waals surface area contributed by atoms with Gasteiger partial charge in [-0.05, 0) is 49.7 Å². The van der Waals surface area contributed by atoms with Gasteiger partial charge in [0.05, 0.1) is 22.6 Å². The lowest BCUT2D eigenvalue weighted by molar-refractivity contribution is 0.0952. The molecule has 0 bridgehead atoms. The average molecular weight is 495 g/mol. The van der Waals surface area contributed by atoms with E-state index in [-0.39, 0.29) is 16.5 Å². The van der Waals surface area contributed by atoms with Crippen LogP contribution in [0.25, 0.3) is 5.69 Å². The Morgan fingerprint density at radius 2 is 1.77 bits per heavy atom. The van der Waals surface area contributed by atoms with Crippen LogP contribution in [0.5, 0.6) is 0 Å². The Hall–Kier alpha value is -4.12. The van der Waals surface area contributed by atoms with Crippen molar-refractivity contribution in [2.75, 3.05) is 11.3 Å². The second kappa shape index (κ2) is 10.0. The van der Waals surface area contributed by atoms with Crippen LogP contribution in [0.2, 0.25) is 0 Å². The van der Waals surface area contributed by atoms with Crippen molar-refractivity contribution in [3.63, 3.8) is 0 Å². The van der Waals surface area contributed by atoms with Crippen LogP contribution in [-0.2, 0) is 23.6 Å². The summed E-state index contributed by atoms with van der Waals surface area (Å²) in [5, 5.41) is 2.81. The fraction of sp³-hybridized carbons (Fsp3) is 0.208. The smallest absolute Gasteiger partial charge is 0.296 e. The second-order valence-corrected chi connectivity index (χ2v) is 9.66. The maximum absolute atomic E-state index is 13.0. The molecule has 11 heteroatoms. The number of aryl methyl sites for hydroxylation is 1. The van der Waals surface area contributed by atoms with E-state index >= 15 is 0 Å². The van der Waals surface area contributed by atoms with Crippen molar-refractivity contribution in [1.82, 2.24) is 24.2 Å². The molecule has 0 spiro atoms. The van der Waals surface area contributed by atoms with Crippen LogP contribution in [0.15, 0.2) is 83.0 Å². The van der Waals surface area contributed by atoms with Crippen molar-refractivity contribution in [2.45, 2.75) is 24.8 Å². The molecular formula is C24H26N6O4S. The third-order valence-corrected chi connectivity index (χ3v) is 7.02. The topological polar surface area (TPSA) is 120 Å². The van der Waals surface area contributed by atoms with E-state index in [2.05, 4.69) is 15.0 Å². The van der Waals surface area contributed by atoms with E-state index < -0.39 is 15.6 Å². The minimum absolute atomic E-state index is 0.0314. The maximum Gasteiger partial charge on any atom is 0.296 e. The number of hydrogen-bond donors (Lipinski definition) is 2. The van der Waals surface area contributed by atoms with Gasteiger partial charge in [-0.3, -0.25) is 19.0 Å². The predicted molar refractivity (Wildman–Crippen MR) is 132 cm³/mol. The first-order chi connectivity index (χ1) is 16.8. The summed E-state index contributed by atoms with van der Waals surface area (Å²) in [5.41, 5.74) is 0.916.